The van der Waals surface area contributed by atoms with Gasteiger partial charge in [-0.15, -0.1) is 0 Å². The maximum atomic E-state index is 5.01. The van der Waals surface area contributed by atoms with Gasteiger partial charge in [0, 0.05) is 31.7 Å². The molecule has 30 heavy (non-hydrogen) atoms. The van der Waals surface area contributed by atoms with E-state index in [4.69, 9.17) is 9.98 Å². The Kier molecular flexibility index (Phi) is 4.12. The Balaban J connectivity index is 1.50. The maximum absolute atomic E-state index is 5.01. The second-order valence-electron chi connectivity index (χ2n) is 7.69. The zero-order chi connectivity index (χ0) is 20.2. The highest BCUT2D eigenvalue weighted by molar-refractivity contribution is 8.15. The molecule has 0 saturated heterocycles. The summed E-state index contributed by atoms with van der Waals surface area (Å²) in [5.41, 5.74) is 6.93. The van der Waals surface area contributed by atoms with Crippen molar-refractivity contribution < 1.29 is 0 Å². The van der Waals surface area contributed by atoms with E-state index in [-0.39, 0.29) is 0 Å². The van der Waals surface area contributed by atoms with Crippen LogP contribution in [0.5, 0.6) is 0 Å². The smallest absolute Gasteiger partial charge is 0.109 e. The molecule has 0 spiro atoms. The van der Waals surface area contributed by atoms with Crippen LogP contribution in [0.15, 0.2) is 92.6 Å². The Morgan fingerprint density at radius 3 is 1.30 bits per heavy atom. The fourth-order valence-corrected chi connectivity index (χ4v) is 5.97. The quantitative estimate of drug-likeness (QED) is 0.329. The minimum absolute atomic E-state index is 1.04. The standard InChI is InChI=1S/C26H18N2S2/c1-15-3-7-17(8-4-15)25-27-19-11-14-22-24-20(12-13-21(29-25)23(19)24)28-26(30-22)18-9-5-16(2)6-10-18/h3-14H,1-2H3. The number of rotatable bonds is 2. The van der Waals surface area contributed by atoms with Crippen LogP contribution in [0.3, 0.4) is 0 Å². The van der Waals surface area contributed by atoms with Gasteiger partial charge in [-0.1, -0.05) is 83.2 Å². The molecule has 0 atom stereocenters. The highest BCUT2D eigenvalue weighted by Gasteiger charge is 2.24. The highest BCUT2D eigenvalue weighted by Crippen LogP contribution is 2.50. The summed E-state index contributed by atoms with van der Waals surface area (Å²) >= 11 is 3.50. The number of hydrogen-bond acceptors (Lipinski definition) is 4. The molecule has 4 aromatic carbocycles. The van der Waals surface area contributed by atoms with Crippen LogP contribution in [0.2, 0.25) is 0 Å². The second-order valence-corrected chi connectivity index (χ2v) is 9.75. The summed E-state index contributed by atoms with van der Waals surface area (Å²) in [5, 5.41) is 4.56. The van der Waals surface area contributed by atoms with Gasteiger partial charge in [0.05, 0.1) is 11.4 Å². The molecule has 6 rings (SSSR count). The fourth-order valence-electron chi connectivity index (χ4n) is 3.87. The zero-order valence-electron chi connectivity index (χ0n) is 16.6. The first-order valence-electron chi connectivity index (χ1n) is 9.93. The van der Waals surface area contributed by atoms with Crippen LogP contribution in [0.1, 0.15) is 22.3 Å². The molecule has 0 fully saturated rings. The molecular weight excluding hydrogens is 404 g/mol. The second kappa shape index (κ2) is 6.86. The Morgan fingerprint density at radius 1 is 0.500 bits per heavy atom. The minimum atomic E-state index is 1.04. The predicted molar refractivity (Wildman–Crippen MR) is 130 cm³/mol. The Labute approximate surface area is 184 Å². The average molecular weight is 423 g/mol. The maximum Gasteiger partial charge on any atom is 0.109 e. The van der Waals surface area contributed by atoms with E-state index >= 15 is 0 Å². The summed E-state index contributed by atoms with van der Waals surface area (Å²) in [7, 11) is 0. The van der Waals surface area contributed by atoms with Gasteiger partial charge >= 0.3 is 0 Å². The zero-order valence-corrected chi connectivity index (χ0v) is 18.3. The molecule has 144 valence electrons. The first-order valence-corrected chi connectivity index (χ1v) is 11.6. The summed E-state index contributed by atoms with van der Waals surface area (Å²) in [5.74, 6) is 0. The number of hydrogen-bond donors (Lipinski definition) is 0. The van der Waals surface area contributed by atoms with E-state index in [0.717, 1.165) is 21.5 Å². The van der Waals surface area contributed by atoms with Gasteiger partial charge in [-0.3, -0.25) is 0 Å². The largest absolute Gasteiger partial charge is 0.240 e. The van der Waals surface area contributed by atoms with Gasteiger partial charge in [-0.2, -0.15) is 0 Å². The third-order valence-corrected chi connectivity index (χ3v) is 7.66. The summed E-state index contributed by atoms with van der Waals surface area (Å²) in [6.07, 6.45) is 0. The van der Waals surface area contributed by atoms with Crippen LogP contribution >= 0.6 is 23.5 Å². The molecular formula is C26H18N2S2. The normalized spacial score (nSPS) is 14.5. The van der Waals surface area contributed by atoms with Crippen molar-refractivity contribution in [2.45, 2.75) is 23.6 Å². The summed E-state index contributed by atoms with van der Waals surface area (Å²) in [6.45, 7) is 4.22. The average Bonchev–Trinajstić information content (AvgIpc) is 2.78. The van der Waals surface area contributed by atoms with E-state index in [1.165, 1.54) is 42.8 Å². The first kappa shape index (κ1) is 18.0. The van der Waals surface area contributed by atoms with Crippen molar-refractivity contribution in [3.63, 3.8) is 0 Å². The minimum Gasteiger partial charge on any atom is -0.240 e. The number of aryl methyl sites for hydroxylation is 2. The Bertz CT molecular complexity index is 1270. The number of thioether (sulfide) groups is 2. The molecule has 2 aliphatic heterocycles. The van der Waals surface area contributed by atoms with Gasteiger partial charge in [-0.25, -0.2) is 9.98 Å². The first-order chi connectivity index (χ1) is 14.7. The number of nitrogens with zero attached hydrogens (tertiary/aromatic N) is 2. The van der Waals surface area contributed by atoms with Crippen LogP contribution in [0.4, 0.5) is 11.4 Å². The molecule has 0 amide bonds. The van der Waals surface area contributed by atoms with Gasteiger partial charge in [-0.05, 0) is 38.1 Å². The monoisotopic (exact) mass is 422 g/mol. The molecule has 0 aromatic heterocycles. The van der Waals surface area contributed by atoms with E-state index in [2.05, 4.69) is 86.6 Å². The molecule has 0 saturated carbocycles. The summed E-state index contributed by atoms with van der Waals surface area (Å²) in [6, 6.07) is 25.9. The topological polar surface area (TPSA) is 24.7 Å². The van der Waals surface area contributed by atoms with Crippen LogP contribution in [0, 0.1) is 13.8 Å². The summed E-state index contributed by atoms with van der Waals surface area (Å²) in [4.78, 5) is 12.5. The van der Waals surface area contributed by atoms with Crippen molar-refractivity contribution in [2.24, 2.45) is 9.98 Å². The van der Waals surface area contributed by atoms with E-state index in [0.29, 0.717) is 0 Å². The van der Waals surface area contributed by atoms with Gasteiger partial charge in [0.15, 0.2) is 0 Å². The van der Waals surface area contributed by atoms with Crippen LogP contribution in [-0.2, 0) is 0 Å². The highest BCUT2D eigenvalue weighted by atomic mass is 32.2. The van der Waals surface area contributed by atoms with E-state index in [1.54, 1.807) is 23.5 Å². The van der Waals surface area contributed by atoms with E-state index in [9.17, 15) is 0 Å². The Morgan fingerprint density at radius 2 is 0.900 bits per heavy atom. The van der Waals surface area contributed by atoms with Crippen molar-refractivity contribution in [1.29, 1.82) is 0 Å². The SMILES string of the molecule is Cc1ccc(C2=Nc3ccc4c5c(ccc(c35)S2)N=C(c2ccc(C)cc2)S4)cc1. The molecule has 4 heteroatoms. The third-order valence-electron chi connectivity index (χ3n) is 5.49. The van der Waals surface area contributed by atoms with Crippen molar-refractivity contribution in [3.8, 4) is 0 Å². The number of aliphatic imine (C=N–C) groups is 2. The van der Waals surface area contributed by atoms with E-state index < -0.39 is 0 Å². The number of benzene rings is 4. The third kappa shape index (κ3) is 2.91. The molecule has 0 aliphatic carbocycles. The van der Waals surface area contributed by atoms with Crippen molar-refractivity contribution in [3.05, 3.63) is 95.1 Å². The molecule has 2 nitrogen and oxygen atoms in total. The van der Waals surface area contributed by atoms with Crippen LogP contribution in [0.25, 0.3) is 10.8 Å². The van der Waals surface area contributed by atoms with Gasteiger partial charge in [0.25, 0.3) is 0 Å². The Hall–Kier alpha value is -2.82. The molecule has 4 aromatic rings. The lowest BCUT2D eigenvalue weighted by atomic mass is 10.1. The molecule has 0 unspecified atom stereocenters. The lowest BCUT2D eigenvalue weighted by Crippen LogP contribution is -2.03. The molecule has 0 radical (unpaired) electrons. The molecule has 0 N–H and O–H groups in total. The van der Waals surface area contributed by atoms with Gasteiger partial charge < -0.3 is 0 Å². The van der Waals surface area contributed by atoms with Crippen LogP contribution < -0.4 is 0 Å². The van der Waals surface area contributed by atoms with Crippen molar-refractivity contribution in [1.82, 2.24) is 0 Å². The molecule has 0 bridgehead atoms. The predicted octanol–water partition coefficient (Wildman–Crippen LogP) is 7.82. The molecule has 2 aliphatic rings. The van der Waals surface area contributed by atoms with Crippen molar-refractivity contribution in [2.75, 3.05) is 0 Å². The lowest BCUT2D eigenvalue weighted by Gasteiger charge is -2.22. The van der Waals surface area contributed by atoms with Gasteiger partial charge in [0.2, 0.25) is 0 Å². The summed E-state index contributed by atoms with van der Waals surface area (Å²) < 4.78 is 0. The van der Waals surface area contributed by atoms with E-state index in [1.807, 2.05) is 0 Å². The lowest BCUT2D eigenvalue weighted by molar-refractivity contribution is 1.39. The fraction of sp³-hybridized carbons (Fsp3) is 0.0769. The molecule has 2 heterocycles. The van der Waals surface area contributed by atoms with Crippen LogP contribution in [-0.4, -0.2) is 10.1 Å². The van der Waals surface area contributed by atoms with Gasteiger partial charge in [0.1, 0.15) is 10.1 Å². The van der Waals surface area contributed by atoms with Crippen molar-refractivity contribution >= 4 is 55.8 Å².